The van der Waals surface area contributed by atoms with Crippen LogP contribution < -0.4 is 5.32 Å². The second-order valence-corrected chi connectivity index (χ2v) is 4.88. The molecule has 0 unspecified atom stereocenters. The molecule has 2 nitrogen and oxygen atoms in total. The monoisotopic (exact) mass is 273 g/mol. The normalized spacial score (nSPS) is 11.9. The molecule has 0 heterocycles. The van der Waals surface area contributed by atoms with E-state index in [-0.39, 0.29) is 11.9 Å². The standard InChI is InChI=1S/C16H16ClNO/c1-12(13-7-3-2-4-8-13)18-16(19)11-14-9-5-6-10-15(14)17/h2-10,12H,11H2,1H3,(H,18,19)/t12-/m0/s1. The Balaban J connectivity index is 1.97. The lowest BCUT2D eigenvalue weighted by Gasteiger charge is -2.14. The van der Waals surface area contributed by atoms with E-state index in [0.29, 0.717) is 11.4 Å². The van der Waals surface area contributed by atoms with Crippen LogP contribution in [0.4, 0.5) is 0 Å². The highest BCUT2D eigenvalue weighted by atomic mass is 35.5. The van der Waals surface area contributed by atoms with Gasteiger partial charge in [0.15, 0.2) is 0 Å². The topological polar surface area (TPSA) is 29.1 Å². The number of hydrogen-bond acceptors (Lipinski definition) is 1. The van der Waals surface area contributed by atoms with Crippen molar-refractivity contribution >= 4 is 17.5 Å². The zero-order chi connectivity index (χ0) is 13.7. The van der Waals surface area contributed by atoms with E-state index in [1.807, 2.05) is 55.5 Å². The van der Waals surface area contributed by atoms with E-state index in [1.54, 1.807) is 6.07 Å². The smallest absolute Gasteiger partial charge is 0.224 e. The Morgan fingerprint density at radius 2 is 1.74 bits per heavy atom. The summed E-state index contributed by atoms with van der Waals surface area (Å²) in [5.74, 6) is -0.0237. The third kappa shape index (κ3) is 3.83. The van der Waals surface area contributed by atoms with Crippen molar-refractivity contribution in [3.8, 4) is 0 Å². The van der Waals surface area contributed by atoms with Crippen molar-refractivity contribution in [1.82, 2.24) is 5.32 Å². The summed E-state index contributed by atoms with van der Waals surface area (Å²) < 4.78 is 0. The van der Waals surface area contributed by atoms with Gasteiger partial charge in [-0.15, -0.1) is 0 Å². The van der Waals surface area contributed by atoms with Crippen LogP contribution in [0.5, 0.6) is 0 Å². The van der Waals surface area contributed by atoms with Crippen molar-refractivity contribution < 1.29 is 4.79 Å². The van der Waals surface area contributed by atoms with E-state index in [0.717, 1.165) is 11.1 Å². The summed E-state index contributed by atoms with van der Waals surface area (Å²) in [5, 5.41) is 3.60. The van der Waals surface area contributed by atoms with Gasteiger partial charge in [-0.3, -0.25) is 4.79 Å². The average Bonchev–Trinajstić information content (AvgIpc) is 2.42. The lowest BCUT2D eigenvalue weighted by molar-refractivity contribution is -0.121. The molecule has 2 rings (SSSR count). The van der Waals surface area contributed by atoms with Crippen molar-refractivity contribution in [3.63, 3.8) is 0 Å². The number of benzene rings is 2. The number of nitrogens with one attached hydrogen (secondary N) is 1. The molecule has 3 heteroatoms. The highest BCUT2D eigenvalue weighted by Crippen LogP contribution is 2.16. The first kappa shape index (κ1) is 13.6. The molecule has 0 radical (unpaired) electrons. The first-order valence-electron chi connectivity index (χ1n) is 6.24. The van der Waals surface area contributed by atoms with Crippen LogP contribution >= 0.6 is 11.6 Å². The molecule has 0 aromatic heterocycles. The zero-order valence-corrected chi connectivity index (χ0v) is 11.5. The van der Waals surface area contributed by atoms with Gasteiger partial charge in [0, 0.05) is 5.02 Å². The van der Waals surface area contributed by atoms with E-state index in [4.69, 9.17) is 11.6 Å². The maximum atomic E-state index is 12.0. The maximum absolute atomic E-state index is 12.0. The van der Waals surface area contributed by atoms with Gasteiger partial charge in [0.1, 0.15) is 0 Å². The first-order valence-corrected chi connectivity index (χ1v) is 6.62. The van der Waals surface area contributed by atoms with E-state index in [1.165, 1.54) is 0 Å². The van der Waals surface area contributed by atoms with E-state index < -0.39 is 0 Å². The Hall–Kier alpha value is -1.80. The number of carbonyl (C=O) groups excluding carboxylic acids is 1. The van der Waals surface area contributed by atoms with Crippen LogP contribution in [0.15, 0.2) is 54.6 Å². The SMILES string of the molecule is C[C@H](NC(=O)Cc1ccccc1Cl)c1ccccc1. The predicted octanol–water partition coefficient (Wildman–Crippen LogP) is 3.76. The second kappa shape index (κ2) is 6.39. The molecule has 1 amide bonds. The summed E-state index contributed by atoms with van der Waals surface area (Å²) >= 11 is 6.04. The number of rotatable bonds is 4. The summed E-state index contributed by atoms with van der Waals surface area (Å²) in [6, 6.07) is 17.3. The molecule has 0 fully saturated rings. The van der Waals surface area contributed by atoms with Gasteiger partial charge in [-0.05, 0) is 24.1 Å². The summed E-state index contributed by atoms with van der Waals surface area (Å²) in [4.78, 5) is 12.0. The van der Waals surface area contributed by atoms with Crippen LogP contribution in [-0.2, 0) is 11.2 Å². The number of carbonyl (C=O) groups is 1. The minimum Gasteiger partial charge on any atom is -0.349 e. The average molecular weight is 274 g/mol. The third-order valence-electron chi connectivity index (χ3n) is 2.99. The molecule has 0 saturated carbocycles. The fraction of sp³-hybridized carbons (Fsp3) is 0.188. The van der Waals surface area contributed by atoms with Crippen LogP contribution in [0.1, 0.15) is 24.1 Å². The van der Waals surface area contributed by atoms with Gasteiger partial charge >= 0.3 is 0 Å². The Morgan fingerprint density at radius 3 is 2.42 bits per heavy atom. The minimum atomic E-state index is -0.0237. The number of halogens is 1. The van der Waals surface area contributed by atoms with E-state index in [2.05, 4.69) is 5.32 Å². The molecule has 0 spiro atoms. The molecule has 2 aromatic rings. The summed E-state index contributed by atoms with van der Waals surface area (Å²) in [7, 11) is 0. The molecule has 19 heavy (non-hydrogen) atoms. The Bertz CT molecular complexity index is 554. The maximum Gasteiger partial charge on any atom is 0.224 e. The molecule has 0 aliphatic carbocycles. The molecule has 2 aromatic carbocycles. The second-order valence-electron chi connectivity index (χ2n) is 4.47. The fourth-order valence-electron chi connectivity index (χ4n) is 1.93. The number of hydrogen-bond donors (Lipinski definition) is 1. The highest BCUT2D eigenvalue weighted by Gasteiger charge is 2.11. The van der Waals surface area contributed by atoms with Crippen LogP contribution in [0.2, 0.25) is 5.02 Å². The van der Waals surface area contributed by atoms with Crippen molar-refractivity contribution in [1.29, 1.82) is 0 Å². The fourth-order valence-corrected chi connectivity index (χ4v) is 2.13. The minimum absolute atomic E-state index is 0.00353. The summed E-state index contributed by atoms with van der Waals surface area (Å²) in [6.07, 6.45) is 0.302. The molecule has 1 atom stereocenters. The van der Waals surface area contributed by atoms with Gasteiger partial charge in [-0.2, -0.15) is 0 Å². The molecular formula is C16H16ClNO. The lowest BCUT2D eigenvalue weighted by Crippen LogP contribution is -2.28. The van der Waals surface area contributed by atoms with Gasteiger partial charge in [-0.1, -0.05) is 60.1 Å². The molecule has 0 saturated heterocycles. The van der Waals surface area contributed by atoms with Gasteiger partial charge in [0.2, 0.25) is 5.91 Å². The van der Waals surface area contributed by atoms with Crippen LogP contribution in [0, 0.1) is 0 Å². The van der Waals surface area contributed by atoms with E-state index >= 15 is 0 Å². The van der Waals surface area contributed by atoms with Crippen molar-refractivity contribution in [2.45, 2.75) is 19.4 Å². The van der Waals surface area contributed by atoms with E-state index in [9.17, 15) is 4.79 Å². The molecular weight excluding hydrogens is 258 g/mol. The lowest BCUT2D eigenvalue weighted by atomic mass is 10.1. The van der Waals surface area contributed by atoms with Gasteiger partial charge in [0.25, 0.3) is 0 Å². The van der Waals surface area contributed by atoms with Gasteiger partial charge in [0.05, 0.1) is 12.5 Å². The largest absolute Gasteiger partial charge is 0.349 e. The van der Waals surface area contributed by atoms with Crippen molar-refractivity contribution in [2.24, 2.45) is 0 Å². The predicted molar refractivity (Wildman–Crippen MR) is 78.2 cm³/mol. The number of amides is 1. The Kier molecular flexibility index (Phi) is 4.58. The third-order valence-corrected chi connectivity index (χ3v) is 3.35. The molecule has 98 valence electrons. The van der Waals surface area contributed by atoms with Crippen LogP contribution in [0.3, 0.4) is 0 Å². The summed E-state index contributed by atoms with van der Waals surface area (Å²) in [5.41, 5.74) is 1.94. The van der Waals surface area contributed by atoms with Gasteiger partial charge < -0.3 is 5.32 Å². The summed E-state index contributed by atoms with van der Waals surface area (Å²) in [6.45, 7) is 1.97. The van der Waals surface area contributed by atoms with Crippen molar-refractivity contribution in [2.75, 3.05) is 0 Å². The molecule has 0 bridgehead atoms. The zero-order valence-electron chi connectivity index (χ0n) is 10.8. The van der Waals surface area contributed by atoms with Crippen LogP contribution in [-0.4, -0.2) is 5.91 Å². The Morgan fingerprint density at radius 1 is 1.11 bits per heavy atom. The molecule has 0 aliphatic heterocycles. The first-order chi connectivity index (χ1) is 9.16. The van der Waals surface area contributed by atoms with Crippen LogP contribution in [0.25, 0.3) is 0 Å². The highest BCUT2D eigenvalue weighted by molar-refractivity contribution is 6.31. The quantitative estimate of drug-likeness (QED) is 0.903. The van der Waals surface area contributed by atoms with Crippen molar-refractivity contribution in [3.05, 3.63) is 70.7 Å². The molecule has 0 aliphatic rings. The van der Waals surface area contributed by atoms with Gasteiger partial charge in [-0.25, -0.2) is 0 Å². The molecule has 1 N–H and O–H groups in total. The Labute approximate surface area is 118 Å².